The predicted octanol–water partition coefficient (Wildman–Crippen LogP) is 2.28. The minimum Gasteiger partial charge on any atom is -0.496 e. The zero-order chi connectivity index (χ0) is 12.4. The minimum atomic E-state index is 0.173. The summed E-state index contributed by atoms with van der Waals surface area (Å²) in [6, 6.07) is 2.19. The van der Waals surface area contributed by atoms with Crippen LogP contribution in [0.3, 0.4) is 0 Å². The minimum absolute atomic E-state index is 0.173. The van der Waals surface area contributed by atoms with Gasteiger partial charge in [0.15, 0.2) is 0 Å². The number of aryl methyl sites for hydroxylation is 1. The Bertz CT molecular complexity index is 409. The number of hydrogen-bond acceptors (Lipinski definition) is 3. The lowest BCUT2D eigenvalue weighted by molar-refractivity contribution is 0.0272. The molecule has 1 fully saturated rings. The SMILES string of the molecule is COc1c(C)cc(C2CNCCO2)c(C)c1C. The summed E-state index contributed by atoms with van der Waals surface area (Å²) in [5.74, 6) is 0.995. The quantitative estimate of drug-likeness (QED) is 0.853. The van der Waals surface area contributed by atoms with Crippen LogP contribution in [0.4, 0.5) is 0 Å². The van der Waals surface area contributed by atoms with Gasteiger partial charge in [-0.3, -0.25) is 0 Å². The van der Waals surface area contributed by atoms with Crippen LogP contribution in [0, 0.1) is 20.8 Å². The van der Waals surface area contributed by atoms with E-state index in [0.29, 0.717) is 0 Å². The molecule has 0 radical (unpaired) electrons. The number of benzene rings is 1. The topological polar surface area (TPSA) is 30.5 Å². The van der Waals surface area contributed by atoms with Crippen molar-refractivity contribution < 1.29 is 9.47 Å². The van der Waals surface area contributed by atoms with Crippen LogP contribution in [0.25, 0.3) is 0 Å². The largest absolute Gasteiger partial charge is 0.496 e. The first-order chi connectivity index (χ1) is 8.15. The van der Waals surface area contributed by atoms with Crippen LogP contribution in [0.15, 0.2) is 6.07 Å². The van der Waals surface area contributed by atoms with Crippen LogP contribution < -0.4 is 10.1 Å². The molecular weight excluding hydrogens is 214 g/mol. The molecule has 3 heteroatoms. The second-order valence-electron chi connectivity index (χ2n) is 4.63. The van der Waals surface area contributed by atoms with E-state index in [2.05, 4.69) is 32.2 Å². The average Bonchev–Trinajstić information content (AvgIpc) is 2.35. The number of ether oxygens (including phenoxy) is 2. The first-order valence-electron chi connectivity index (χ1n) is 6.12. The molecule has 1 heterocycles. The van der Waals surface area contributed by atoms with Gasteiger partial charge in [0.25, 0.3) is 0 Å². The lowest BCUT2D eigenvalue weighted by Gasteiger charge is -2.27. The van der Waals surface area contributed by atoms with Gasteiger partial charge in [0.1, 0.15) is 5.75 Å². The second kappa shape index (κ2) is 5.07. The second-order valence-corrected chi connectivity index (χ2v) is 4.63. The summed E-state index contributed by atoms with van der Waals surface area (Å²) in [6.07, 6.45) is 0.173. The van der Waals surface area contributed by atoms with Crippen molar-refractivity contribution in [3.8, 4) is 5.75 Å². The van der Waals surface area contributed by atoms with E-state index in [4.69, 9.17) is 9.47 Å². The molecule has 1 N–H and O–H groups in total. The molecule has 1 saturated heterocycles. The molecule has 1 aliphatic heterocycles. The van der Waals surface area contributed by atoms with Crippen LogP contribution in [0.1, 0.15) is 28.4 Å². The molecule has 0 spiro atoms. The summed E-state index contributed by atoms with van der Waals surface area (Å²) < 4.78 is 11.3. The third kappa shape index (κ3) is 2.31. The Hall–Kier alpha value is -1.06. The van der Waals surface area contributed by atoms with Crippen molar-refractivity contribution in [1.29, 1.82) is 0 Å². The van der Waals surface area contributed by atoms with E-state index in [1.165, 1.54) is 22.3 Å². The summed E-state index contributed by atoms with van der Waals surface area (Å²) >= 11 is 0. The van der Waals surface area contributed by atoms with E-state index >= 15 is 0 Å². The maximum absolute atomic E-state index is 5.83. The smallest absolute Gasteiger partial charge is 0.124 e. The zero-order valence-electron chi connectivity index (χ0n) is 11.1. The zero-order valence-corrected chi connectivity index (χ0v) is 11.1. The standard InChI is InChI=1S/C14H21NO2/c1-9-7-12(13-8-15-5-6-17-13)10(2)11(3)14(9)16-4/h7,13,15H,5-6,8H2,1-4H3. The molecule has 0 bridgehead atoms. The summed E-state index contributed by atoms with van der Waals surface area (Å²) in [5, 5.41) is 3.37. The summed E-state index contributed by atoms with van der Waals surface area (Å²) in [4.78, 5) is 0. The monoisotopic (exact) mass is 235 g/mol. The van der Waals surface area contributed by atoms with Crippen molar-refractivity contribution in [1.82, 2.24) is 5.32 Å². The fourth-order valence-electron chi connectivity index (χ4n) is 2.50. The number of nitrogens with one attached hydrogen (secondary N) is 1. The normalized spacial score (nSPS) is 20.4. The Morgan fingerprint density at radius 1 is 1.29 bits per heavy atom. The number of morpholine rings is 1. The van der Waals surface area contributed by atoms with Gasteiger partial charge >= 0.3 is 0 Å². The van der Waals surface area contributed by atoms with Gasteiger partial charge < -0.3 is 14.8 Å². The molecule has 0 amide bonds. The Balaban J connectivity index is 2.40. The van der Waals surface area contributed by atoms with Crippen molar-refractivity contribution in [2.75, 3.05) is 26.8 Å². The maximum atomic E-state index is 5.83. The molecule has 1 aromatic carbocycles. The van der Waals surface area contributed by atoms with Crippen LogP contribution >= 0.6 is 0 Å². The van der Waals surface area contributed by atoms with Crippen LogP contribution in [-0.2, 0) is 4.74 Å². The van der Waals surface area contributed by atoms with E-state index in [0.717, 1.165) is 25.4 Å². The third-order valence-corrected chi connectivity index (χ3v) is 3.54. The Morgan fingerprint density at radius 2 is 2.06 bits per heavy atom. The van der Waals surface area contributed by atoms with Gasteiger partial charge in [-0.15, -0.1) is 0 Å². The van der Waals surface area contributed by atoms with E-state index in [1.54, 1.807) is 7.11 Å². The number of methoxy groups -OCH3 is 1. The van der Waals surface area contributed by atoms with E-state index in [-0.39, 0.29) is 6.10 Å². The summed E-state index contributed by atoms with van der Waals surface area (Å²) in [6.45, 7) is 8.97. The molecule has 0 aromatic heterocycles. The lowest BCUT2D eigenvalue weighted by Crippen LogP contribution is -2.33. The van der Waals surface area contributed by atoms with Gasteiger partial charge in [-0.2, -0.15) is 0 Å². The van der Waals surface area contributed by atoms with Crippen molar-refractivity contribution >= 4 is 0 Å². The van der Waals surface area contributed by atoms with Gasteiger partial charge in [0.05, 0.1) is 19.8 Å². The highest BCUT2D eigenvalue weighted by atomic mass is 16.5. The highest BCUT2D eigenvalue weighted by Gasteiger charge is 2.20. The van der Waals surface area contributed by atoms with E-state index < -0.39 is 0 Å². The molecule has 0 saturated carbocycles. The average molecular weight is 235 g/mol. The van der Waals surface area contributed by atoms with Crippen LogP contribution in [0.5, 0.6) is 5.75 Å². The maximum Gasteiger partial charge on any atom is 0.124 e. The van der Waals surface area contributed by atoms with Gasteiger partial charge in [0, 0.05) is 13.1 Å². The summed E-state index contributed by atoms with van der Waals surface area (Å²) in [5.41, 5.74) is 4.96. The lowest BCUT2D eigenvalue weighted by atomic mass is 9.94. The molecule has 1 unspecified atom stereocenters. The number of rotatable bonds is 2. The van der Waals surface area contributed by atoms with Gasteiger partial charge in [-0.25, -0.2) is 0 Å². The highest BCUT2D eigenvalue weighted by molar-refractivity contribution is 5.49. The van der Waals surface area contributed by atoms with Gasteiger partial charge in [-0.05, 0) is 49.1 Å². The Morgan fingerprint density at radius 3 is 2.65 bits per heavy atom. The van der Waals surface area contributed by atoms with Crippen molar-refractivity contribution in [3.05, 3.63) is 28.3 Å². The first kappa shape index (κ1) is 12.4. The van der Waals surface area contributed by atoms with E-state index in [1.807, 2.05) is 0 Å². The fourth-order valence-corrected chi connectivity index (χ4v) is 2.50. The molecule has 2 rings (SSSR count). The molecular formula is C14H21NO2. The molecule has 3 nitrogen and oxygen atoms in total. The Kier molecular flexibility index (Phi) is 3.69. The Labute approximate surface area is 103 Å². The molecule has 1 aromatic rings. The fraction of sp³-hybridized carbons (Fsp3) is 0.571. The molecule has 1 atom stereocenters. The molecule has 17 heavy (non-hydrogen) atoms. The predicted molar refractivity (Wildman–Crippen MR) is 68.8 cm³/mol. The number of hydrogen-bond donors (Lipinski definition) is 1. The highest BCUT2D eigenvalue weighted by Crippen LogP contribution is 2.32. The molecule has 94 valence electrons. The van der Waals surface area contributed by atoms with Crippen LogP contribution in [-0.4, -0.2) is 26.8 Å². The molecule has 0 aliphatic carbocycles. The molecule has 1 aliphatic rings. The van der Waals surface area contributed by atoms with Crippen molar-refractivity contribution in [3.63, 3.8) is 0 Å². The third-order valence-electron chi connectivity index (χ3n) is 3.54. The van der Waals surface area contributed by atoms with Crippen molar-refractivity contribution in [2.45, 2.75) is 26.9 Å². The van der Waals surface area contributed by atoms with E-state index in [9.17, 15) is 0 Å². The van der Waals surface area contributed by atoms with Crippen LogP contribution in [0.2, 0.25) is 0 Å². The first-order valence-corrected chi connectivity index (χ1v) is 6.12. The summed E-state index contributed by atoms with van der Waals surface area (Å²) in [7, 11) is 1.73. The van der Waals surface area contributed by atoms with Gasteiger partial charge in [-0.1, -0.05) is 0 Å². The van der Waals surface area contributed by atoms with Crippen molar-refractivity contribution in [2.24, 2.45) is 0 Å². The van der Waals surface area contributed by atoms with Gasteiger partial charge in [0.2, 0.25) is 0 Å².